The largest absolute Gasteiger partial charge is 0.379 e. The molecule has 3 aromatic carbocycles. The van der Waals surface area contributed by atoms with E-state index in [1.807, 2.05) is 92.7 Å². The zero-order chi connectivity index (χ0) is 29.0. The van der Waals surface area contributed by atoms with E-state index in [-0.39, 0.29) is 25.1 Å². The molecule has 0 spiro atoms. The number of carbonyl (C=O) groups is 2. The molecule has 3 rings (SSSR count). The second kappa shape index (κ2) is 15.3. The van der Waals surface area contributed by atoms with Crippen LogP contribution in [0.15, 0.2) is 91.0 Å². The normalized spacial score (nSPS) is 12.3. The predicted octanol–water partition coefficient (Wildman–Crippen LogP) is 4.15. The molecule has 0 fully saturated rings. The highest BCUT2D eigenvalue weighted by molar-refractivity contribution is 7.88. The van der Waals surface area contributed by atoms with Crippen LogP contribution in [-0.4, -0.2) is 61.5 Å². The van der Waals surface area contributed by atoms with Gasteiger partial charge in [-0.2, -0.15) is 4.31 Å². The summed E-state index contributed by atoms with van der Waals surface area (Å²) < 4.78 is 32.2. The molecular weight excluding hydrogens is 526 g/mol. The first-order chi connectivity index (χ1) is 19.1. The summed E-state index contributed by atoms with van der Waals surface area (Å²) in [5.41, 5.74) is 2.22. The molecule has 0 saturated heterocycles. The van der Waals surface area contributed by atoms with Gasteiger partial charge in [0.2, 0.25) is 21.8 Å². The Morgan fingerprint density at radius 1 is 0.825 bits per heavy atom. The van der Waals surface area contributed by atoms with Crippen molar-refractivity contribution in [1.29, 1.82) is 0 Å². The highest BCUT2D eigenvalue weighted by Gasteiger charge is 2.33. The minimum Gasteiger partial charge on any atom is -0.379 e. The van der Waals surface area contributed by atoms with Crippen LogP contribution in [0.3, 0.4) is 0 Å². The standard InChI is InChI=1S/C31H39N3O5S/c1-25(2)39-21-13-20-32-31(36)30(28-18-11-6-12-19-28)34(23-27-16-9-5-10-17-27)29(35)24-33(40(3,37)38)22-26-14-7-4-8-15-26/h4-12,14-19,25,30H,13,20-24H2,1-3H3,(H,32,36)/t30-/m1/s1. The summed E-state index contributed by atoms with van der Waals surface area (Å²) in [7, 11) is -3.73. The van der Waals surface area contributed by atoms with Crippen molar-refractivity contribution in [2.45, 2.75) is 45.5 Å². The molecule has 40 heavy (non-hydrogen) atoms. The number of carbonyl (C=O) groups excluding carboxylic acids is 2. The first-order valence-electron chi connectivity index (χ1n) is 13.4. The lowest BCUT2D eigenvalue weighted by Gasteiger charge is -2.33. The molecule has 1 N–H and O–H groups in total. The summed E-state index contributed by atoms with van der Waals surface area (Å²) >= 11 is 0. The Labute approximate surface area is 238 Å². The van der Waals surface area contributed by atoms with Gasteiger partial charge in [-0.25, -0.2) is 8.42 Å². The number of ether oxygens (including phenoxy) is 1. The van der Waals surface area contributed by atoms with Gasteiger partial charge in [0.05, 0.1) is 18.9 Å². The van der Waals surface area contributed by atoms with Crippen LogP contribution in [0.4, 0.5) is 0 Å². The molecule has 1 atom stereocenters. The van der Waals surface area contributed by atoms with Crippen LogP contribution in [-0.2, 0) is 37.4 Å². The minimum absolute atomic E-state index is 0.0443. The molecule has 9 heteroatoms. The number of nitrogens with zero attached hydrogens (tertiary/aromatic N) is 2. The molecule has 2 amide bonds. The first kappa shape index (κ1) is 31.0. The molecule has 0 aliphatic heterocycles. The molecule has 3 aromatic rings. The summed E-state index contributed by atoms with van der Waals surface area (Å²) in [4.78, 5) is 29.1. The molecule has 0 radical (unpaired) electrons. The Morgan fingerprint density at radius 3 is 1.88 bits per heavy atom. The number of amides is 2. The third-order valence-corrected chi connectivity index (χ3v) is 7.44. The highest BCUT2D eigenvalue weighted by atomic mass is 32.2. The maximum absolute atomic E-state index is 14.0. The van der Waals surface area contributed by atoms with E-state index in [1.165, 1.54) is 4.90 Å². The smallest absolute Gasteiger partial charge is 0.247 e. The van der Waals surface area contributed by atoms with Crippen molar-refractivity contribution in [3.63, 3.8) is 0 Å². The van der Waals surface area contributed by atoms with Crippen LogP contribution >= 0.6 is 0 Å². The zero-order valence-electron chi connectivity index (χ0n) is 23.4. The van der Waals surface area contributed by atoms with Crippen LogP contribution < -0.4 is 5.32 Å². The van der Waals surface area contributed by atoms with E-state index in [2.05, 4.69) is 5.32 Å². The highest BCUT2D eigenvalue weighted by Crippen LogP contribution is 2.25. The third kappa shape index (κ3) is 9.89. The quantitative estimate of drug-likeness (QED) is 0.279. The molecule has 8 nitrogen and oxygen atoms in total. The molecule has 0 aliphatic rings. The summed E-state index contributed by atoms with van der Waals surface area (Å²) in [6.45, 7) is 4.56. The van der Waals surface area contributed by atoms with Gasteiger partial charge >= 0.3 is 0 Å². The van der Waals surface area contributed by atoms with Crippen LogP contribution in [0.2, 0.25) is 0 Å². The van der Waals surface area contributed by atoms with Crippen LogP contribution in [0, 0.1) is 0 Å². The lowest BCUT2D eigenvalue weighted by atomic mass is 10.0. The average molecular weight is 566 g/mol. The van der Waals surface area contributed by atoms with Crippen LogP contribution in [0.25, 0.3) is 0 Å². The van der Waals surface area contributed by atoms with Gasteiger partial charge in [0.1, 0.15) is 6.04 Å². The second-order valence-corrected chi connectivity index (χ2v) is 11.9. The fourth-order valence-electron chi connectivity index (χ4n) is 4.23. The molecule has 0 aromatic heterocycles. The maximum atomic E-state index is 14.0. The van der Waals surface area contributed by atoms with E-state index >= 15 is 0 Å². The van der Waals surface area contributed by atoms with E-state index in [0.29, 0.717) is 25.1 Å². The van der Waals surface area contributed by atoms with E-state index in [0.717, 1.165) is 21.7 Å². The zero-order valence-corrected chi connectivity index (χ0v) is 24.2. The molecule has 0 heterocycles. The molecule has 0 aliphatic carbocycles. The Morgan fingerprint density at radius 2 is 1.35 bits per heavy atom. The minimum atomic E-state index is -3.73. The van der Waals surface area contributed by atoms with Crippen molar-refractivity contribution in [1.82, 2.24) is 14.5 Å². The number of rotatable bonds is 15. The Balaban J connectivity index is 1.92. The third-order valence-electron chi connectivity index (χ3n) is 6.25. The molecule has 0 saturated carbocycles. The van der Waals surface area contributed by atoms with Gasteiger partial charge in [-0.15, -0.1) is 0 Å². The topological polar surface area (TPSA) is 96.0 Å². The van der Waals surface area contributed by atoms with Crippen molar-refractivity contribution in [3.8, 4) is 0 Å². The molecular formula is C31H39N3O5S. The van der Waals surface area contributed by atoms with Crippen LogP contribution in [0.1, 0.15) is 43.0 Å². The van der Waals surface area contributed by atoms with Gasteiger partial charge < -0.3 is 15.0 Å². The van der Waals surface area contributed by atoms with Crippen molar-refractivity contribution >= 4 is 21.8 Å². The lowest BCUT2D eigenvalue weighted by molar-refractivity contribution is -0.141. The van der Waals surface area contributed by atoms with E-state index in [9.17, 15) is 18.0 Å². The van der Waals surface area contributed by atoms with E-state index < -0.39 is 28.5 Å². The summed E-state index contributed by atoms with van der Waals surface area (Å²) in [5, 5.41) is 2.95. The number of hydrogen-bond acceptors (Lipinski definition) is 5. The van der Waals surface area contributed by atoms with Gasteiger partial charge in [-0.1, -0.05) is 91.0 Å². The van der Waals surface area contributed by atoms with Crippen LogP contribution in [0.5, 0.6) is 0 Å². The summed E-state index contributed by atoms with van der Waals surface area (Å²) in [5.74, 6) is -0.814. The van der Waals surface area contributed by atoms with Crippen molar-refractivity contribution in [3.05, 3.63) is 108 Å². The predicted molar refractivity (Wildman–Crippen MR) is 157 cm³/mol. The average Bonchev–Trinajstić information content (AvgIpc) is 2.93. The fraction of sp³-hybridized carbons (Fsp3) is 0.355. The number of hydrogen-bond donors (Lipinski definition) is 1. The van der Waals surface area contributed by atoms with Crippen molar-refractivity contribution in [2.24, 2.45) is 0 Å². The monoisotopic (exact) mass is 565 g/mol. The summed E-state index contributed by atoms with van der Waals surface area (Å²) in [6.07, 6.45) is 1.81. The maximum Gasteiger partial charge on any atom is 0.247 e. The summed E-state index contributed by atoms with van der Waals surface area (Å²) in [6, 6.07) is 26.6. The number of benzene rings is 3. The Hall–Kier alpha value is -3.53. The van der Waals surface area contributed by atoms with Gasteiger partial charge in [-0.05, 0) is 37.0 Å². The Bertz CT molecular complexity index is 1300. The second-order valence-electron chi connectivity index (χ2n) is 9.90. The van der Waals surface area contributed by atoms with Gasteiger partial charge in [0, 0.05) is 26.2 Å². The number of sulfonamides is 1. The van der Waals surface area contributed by atoms with E-state index in [4.69, 9.17) is 4.74 Å². The molecule has 0 unspecified atom stereocenters. The first-order valence-corrected chi connectivity index (χ1v) is 15.3. The molecule has 0 bridgehead atoms. The van der Waals surface area contributed by atoms with Gasteiger partial charge in [0.25, 0.3) is 0 Å². The van der Waals surface area contributed by atoms with E-state index in [1.54, 1.807) is 12.1 Å². The van der Waals surface area contributed by atoms with Crippen molar-refractivity contribution < 1.29 is 22.7 Å². The number of nitrogens with one attached hydrogen (secondary N) is 1. The molecule has 214 valence electrons. The van der Waals surface area contributed by atoms with Crippen molar-refractivity contribution in [2.75, 3.05) is 26.0 Å². The van der Waals surface area contributed by atoms with Gasteiger partial charge in [-0.3, -0.25) is 9.59 Å². The SMILES string of the molecule is CC(C)OCCCNC(=O)[C@@H](c1ccccc1)N(Cc1ccccc1)C(=O)CN(Cc1ccccc1)S(C)(=O)=O. The van der Waals surface area contributed by atoms with Gasteiger partial charge in [0.15, 0.2) is 0 Å². The fourth-order valence-corrected chi connectivity index (χ4v) is 4.96. The lowest BCUT2D eigenvalue weighted by Crippen LogP contribution is -2.48. The Kier molecular flexibility index (Phi) is 11.9.